The number of nitrogens with one attached hydrogen (secondary N) is 1. The van der Waals surface area contributed by atoms with Gasteiger partial charge in [-0.2, -0.15) is 0 Å². The first-order valence-electron chi connectivity index (χ1n) is 5.73. The highest BCUT2D eigenvalue weighted by atomic mass is 19.3. The highest BCUT2D eigenvalue weighted by molar-refractivity contribution is 6.05. The van der Waals surface area contributed by atoms with Gasteiger partial charge in [-0.25, -0.2) is 8.78 Å². The van der Waals surface area contributed by atoms with E-state index in [0.717, 1.165) is 5.39 Å². The molecule has 100 valence electrons. The van der Waals surface area contributed by atoms with Crippen LogP contribution in [0.3, 0.4) is 0 Å². The summed E-state index contributed by atoms with van der Waals surface area (Å²) in [5.74, 6) is -3.75. The third-order valence-electron chi connectivity index (χ3n) is 2.69. The summed E-state index contributed by atoms with van der Waals surface area (Å²) < 4.78 is 26.0. The minimum absolute atomic E-state index is 0.130. The molecule has 0 spiro atoms. The molecule has 0 saturated heterocycles. The molecule has 3 N–H and O–H groups in total. The van der Waals surface area contributed by atoms with Crippen LogP contribution in [-0.2, 0) is 0 Å². The second-order valence-electron chi connectivity index (χ2n) is 4.12. The molecule has 2 aromatic rings. The van der Waals surface area contributed by atoms with Crippen LogP contribution in [0.15, 0.2) is 36.5 Å². The minimum atomic E-state index is -3.11. The number of hydrogen-bond donors (Lipinski definition) is 2. The van der Waals surface area contributed by atoms with Crippen molar-refractivity contribution >= 4 is 16.7 Å². The largest absolute Gasteiger partial charge is 0.345 e. The molecule has 0 aliphatic heterocycles. The lowest BCUT2D eigenvalue weighted by Gasteiger charge is -2.14. The number of amides is 1. The zero-order valence-corrected chi connectivity index (χ0v) is 10.1. The Morgan fingerprint density at radius 1 is 1.32 bits per heavy atom. The fraction of sp³-hybridized carbons (Fsp3) is 0.231. The lowest BCUT2D eigenvalue weighted by atomic mass is 10.1. The topological polar surface area (TPSA) is 68.0 Å². The van der Waals surface area contributed by atoms with Gasteiger partial charge < -0.3 is 11.1 Å². The van der Waals surface area contributed by atoms with E-state index in [1.807, 2.05) is 12.1 Å². The minimum Gasteiger partial charge on any atom is -0.345 e. The summed E-state index contributed by atoms with van der Waals surface area (Å²) in [4.78, 5) is 15.8. The van der Waals surface area contributed by atoms with Gasteiger partial charge in [0.2, 0.25) is 0 Å². The fourth-order valence-electron chi connectivity index (χ4n) is 1.67. The average Bonchev–Trinajstić information content (AvgIpc) is 2.44. The van der Waals surface area contributed by atoms with E-state index in [1.54, 1.807) is 18.2 Å². The third-order valence-corrected chi connectivity index (χ3v) is 2.69. The van der Waals surface area contributed by atoms with Gasteiger partial charge in [-0.05, 0) is 11.5 Å². The molecule has 1 amide bonds. The summed E-state index contributed by atoms with van der Waals surface area (Å²) in [7, 11) is 0. The summed E-state index contributed by atoms with van der Waals surface area (Å²) in [6.45, 7) is -1.61. The molecule has 1 aromatic heterocycles. The van der Waals surface area contributed by atoms with E-state index >= 15 is 0 Å². The van der Waals surface area contributed by atoms with Crippen molar-refractivity contribution < 1.29 is 13.6 Å². The monoisotopic (exact) mass is 265 g/mol. The van der Waals surface area contributed by atoms with Gasteiger partial charge in [0, 0.05) is 11.6 Å². The first-order valence-corrected chi connectivity index (χ1v) is 5.73. The van der Waals surface area contributed by atoms with Crippen LogP contribution in [0.1, 0.15) is 10.5 Å². The summed E-state index contributed by atoms with van der Waals surface area (Å²) >= 11 is 0. The molecule has 0 bridgehead atoms. The SMILES string of the molecule is NCC(F)(F)CNC(=O)c1nccc2ccccc12. The molecule has 6 heteroatoms. The van der Waals surface area contributed by atoms with E-state index in [-0.39, 0.29) is 5.69 Å². The van der Waals surface area contributed by atoms with Gasteiger partial charge >= 0.3 is 0 Å². The number of rotatable bonds is 4. The van der Waals surface area contributed by atoms with Crippen molar-refractivity contribution in [1.82, 2.24) is 10.3 Å². The number of alkyl halides is 2. The second-order valence-corrected chi connectivity index (χ2v) is 4.12. The van der Waals surface area contributed by atoms with Gasteiger partial charge in [0.05, 0.1) is 13.1 Å². The van der Waals surface area contributed by atoms with Gasteiger partial charge in [0.1, 0.15) is 5.69 Å². The number of hydrogen-bond acceptors (Lipinski definition) is 3. The Balaban J connectivity index is 2.23. The van der Waals surface area contributed by atoms with Gasteiger partial charge in [-0.15, -0.1) is 0 Å². The normalized spacial score (nSPS) is 11.5. The number of carbonyl (C=O) groups is 1. The molecule has 0 fully saturated rings. The lowest BCUT2D eigenvalue weighted by molar-refractivity contribution is 0.0118. The van der Waals surface area contributed by atoms with E-state index in [0.29, 0.717) is 5.39 Å². The van der Waals surface area contributed by atoms with Crippen molar-refractivity contribution in [2.24, 2.45) is 5.73 Å². The van der Waals surface area contributed by atoms with Crippen LogP contribution >= 0.6 is 0 Å². The Bertz CT molecular complexity index is 596. The van der Waals surface area contributed by atoms with E-state index in [4.69, 9.17) is 5.73 Å². The number of nitrogens with two attached hydrogens (primary N) is 1. The van der Waals surface area contributed by atoms with Gasteiger partial charge in [0.25, 0.3) is 11.8 Å². The zero-order chi connectivity index (χ0) is 13.9. The Labute approximate surface area is 108 Å². The Morgan fingerprint density at radius 3 is 2.79 bits per heavy atom. The van der Waals surface area contributed by atoms with Crippen molar-refractivity contribution in [3.05, 3.63) is 42.2 Å². The van der Waals surface area contributed by atoms with Crippen molar-refractivity contribution in [1.29, 1.82) is 0 Å². The Morgan fingerprint density at radius 2 is 2.05 bits per heavy atom. The van der Waals surface area contributed by atoms with E-state index in [1.165, 1.54) is 6.20 Å². The predicted molar refractivity (Wildman–Crippen MR) is 68.1 cm³/mol. The van der Waals surface area contributed by atoms with Crippen LogP contribution in [0.4, 0.5) is 8.78 Å². The van der Waals surface area contributed by atoms with E-state index < -0.39 is 24.9 Å². The number of nitrogens with zero attached hydrogens (tertiary/aromatic N) is 1. The molecule has 1 aromatic carbocycles. The summed E-state index contributed by atoms with van der Waals surface area (Å²) in [6, 6.07) is 8.88. The molecule has 0 unspecified atom stereocenters. The quantitative estimate of drug-likeness (QED) is 0.881. The molecule has 0 aliphatic carbocycles. The van der Waals surface area contributed by atoms with Gasteiger partial charge in [0.15, 0.2) is 0 Å². The number of fused-ring (bicyclic) bond motifs is 1. The first kappa shape index (κ1) is 13.4. The summed E-state index contributed by atoms with van der Waals surface area (Å²) in [5.41, 5.74) is 5.04. The molecular formula is C13H13F2N3O. The van der Waals surface area contributed by atoms with Crippen molar-refractivity contribution in [2.45, 2.75) is 5.92 Å². The molecular weight excluding hydrogens is 252 g/mol. The smallest absolute Gasteiger partial charge is 0.277 e. The number of pyridine rings is 1. The lowest BCUT2D eigenvalue weighted by Crippen LogP contribution is -2.41. The number of carbonyl (C=O) groups excluding carboxylic acids is 1. The number of benzene rings is 1. The Hall–Kier alpha value is -2.08. The Kier molecular flexibility index (Phi) is 3.71. The van der Waals surface area contributed by atoms with Crippen LogP contribution in [0, 0.1) is 0 Å². The summed E-state index contributed by atoms with van der Waals surface area (Å²) in [5, 5.41) is 3.60. The van der Waals surface area contributed by atoms with Gasteiger partial charge in [-0.3, -0.25) is 9.78 Å². The zero-order valence-electron chi connectivity index (χ0n) is 10.1. The fourth-order valence-corrected chi connectivity index (χ4v) is 1.67. The highest BCUT2D eigenvalue weighted by Gasteiger charge is 2.27. The molecule has 1 heterocycles. The predicted octanol–water partition coefficient (Wildman–Crippen LogP) is 1.56. The van der Waals surface area contributed by atoms with Crippen LogP contribution < -0.4 is 11.1 Å². The standard InChI is InChI=1S/C13H13F2N3O/c14-13(15,7-16)8-18-12(19)11-10-4-2-1-3-9(10)5-6-17-11/h1-6H,7-8,16H2,(H,18,19). The molecule has 4 nitrogen and oxygen atoms in total. The van der Waals surface area contributed by atoms with Gasteiger partial charge in [-0.1, -0.05) is 24.3 Å². The molecule has 0 aliphatic rings. The van der Waals surface area contributed by atoms with Crippen molar-refractivity contribution in [2.75, 3.05) is 13.1 Å². The maximum absolute atomic E-state index is 13.0. The number of halogens is 2. The maximum Gasteiger partial charge on any atom is 0.277 e. The van der Waals surface area contributed by atoms with E-state index in [2.05, 4.69) is 10.3 Å². The van der Waals surface area contributed by atoms with Crippen molar-refractivity contribution in [3.63, 3.8) is 0 Å². The highest BCUT2D eigenvalue weighted by Crippen LogP contribution is 2.16. The van der Waals surface area contributed by atoms with Crippen LogP contribution in [0.5, 0.6) is 0 Å². The molecule has 2 rings (SSSR count). The maximum atomic E-state index is 13.0. The van der Waals surface area contributed by atoms with E-state index in [9.17, 15) is 13.6 Å². The van der Waals surface area contributed by atoms with Crippen LogP contribution in [-0.4, -0.2) is 29.9 Å². The molecule has 19 heavy (non-hydrogen) atoms. The van der Waals surface area contributed by atoms with Crippen LogP contribution in [0.25, 0.3) is 10.8 Å². The summed E-state index contributed by atoms with van der Waals surface area (Å²) in [6.07, 6.45) is 1.47. The molecule has 0 radical (unpaired) electrons. The third kappa shape index (κ3) is 3.03. The second kappa shape index (κ2) is 5.27. The van der Waals surface area contributed by atoms with Crippen LogP contribution in [0.2, 0.25) is 0 Å². The first-order chi connectivity index (χ1) is 9.03. The molecule has 0 atom stereocenters. The molecule has 0 saturated carbocycles. The van der Waals surface area contributed by atoms with Crippen molar-refractivity contribution in [3.8, 4) is 0 Å². The number of aromatic nitrogens is 1. The average molecular weight is 265 g/mol.